The van der Waals surface area contributed by atoms with E-state index in [4.69, 9.17) is 20.2 Å². The second-order valence-electron chi connectivity index (χ2n) is 4.73. The molecule has 1 aromatic carbocycles. The van der Waals surface area contributed by atoms with Crippen LogP contribution in [0.5, 0.6) is 5.75 Å². The lowest BCUT2D eigenvalue weighted by molar-refractivity contribution is 0.0496. The van der Waals surface area contributed by atoms with E-state index in [9.17, 15) is 8.42 Å². The fraction of sp³-hybridized carbons (Fsp3) is 0.538. The number of ether oxygens (including phenoxy) is 2. The maximum absolute atomic E-state index is 11.3. The van der Waals surface area contributed by atoms with E-state index in [0.717, 1.165) is 31.6 Å². The van der Waals surface area contributed by atoms with Crippen molar-refractivity contribution in [1.29, 1.82) is 0 Å². The lowest BCUT2D eigenvalue weighted by Gasteiger charge is -2.22. The Labute approximate surface area is 118 Å². The number of benzene rings is 1. The average Bonchev–Trinajstić information content (AvgIpc) is 2.37. The van der Waals surface area contributed by atoms with Crippen LogP contribution in [-0.2, 0) is 13.8 Å². The summed E-state index contributed by atoms with van der Waals surface area (Å²) in [6.07, 6.45) is 1.96. The Hall–Kier alpha value is -0.780. The van der Waals surface area contributed by atoms with Gasteiger partial charge in [-0.3, -0.25) is 0 Å². The zero-order valence-electron chi connectivity index (χ0n) is 10.8. The number of halogens is 1. The molecule has 0 saturated carbocycles. The second kappa shape index (κ2) is 6.11. The molecular formula is C13H17ClO4S. The van der Waals surface area contributed by atoms with E-state index in [2.05, 4.69) is 0 Å². The van der Waals surface area contributed by atoms with Gasteiger partial charge >= 0.3 is 0 Å². The first-order valence-corrected chi connectivity index (χ1v) is 8.53. The summed E-state index contributed by atoms with van der Waals surface area (Å²) in [5.74, 6) is 1.04. The van der Waals surface area contributed by atoms with Crippen LogP contribution in [0.2, 0.25) is 0 Å². The molecule has 106 valence electrons. The molecule has 0 unspecified atom stereocenters. The van der Waals surface area contributed by atoms with Gasteiger partial charge in [-0.25, -0.2) is 8.42 Å². The van der Waals surface area contributed by atoms with Crippen molar-refractivity contribution in [2.45, 2.75) is 24.7 Å². The summed E-state index contributed by atoms with van der Waals surface area (Å²) in [5.41, 5.74) is 0.899. The Morgan fingerprint density at radius 1 is 1.37 bits per heavy atom. The van der Waals surface area contributed by atoms with Crippen LogP contribution in [0.1, 0.15) is 18.4 Å². The second-order valence-corrected chi connectivity index (χ2v) is 7.30. The van der Waals surface area contributed by atoms with Gasteiger partial charge in [-0.1, -0.05) is 6.07 Å². The van der Waals surface area contributed by atoms with Gasteiger partial charge in [-0.2, -0.15) is 0 Å². The molecule has 0 aromatic heterocycles. The third kappa shape index (κ3) is 4.09. The van der Waals surface area contributed by atoms with Gasteiger partial charge in [0.15, 0.2) is 0 Å². The highest BCUT2D eigenvalue weighted by Gasteiger charge is 2.16. The third-order valence-corrected chi connectivity index (χ3v) is 4.61. The monoisotopic (exact) mass is 304 g/mol. The molecule has 1 aromatic rings. The van der Waals surface area contributed by atoms with E-state index >= 15 is 0 Å². The van der Waals surface area contributed by atoms with Crippen LogP contribution < -0.4 is 4.74 Å². The Balaban J connectivity index is 2.06. The van der Waals surface area contributed by atoms with Gasteiger partial charge in [-0.15, -0.1) is 0 Å². The van der Waals surface area contributed by atoms with Crippen LogP contribution in [0.25, 0.3) is 0 Å². The molecule has 0 atom stereocenters. The fourth-order valence-electron chi connectivity index (χ4n) is 2.01. The maximum atomic E-state index is 11.3. The van der Waals surface area contributed by atoms with Crippen molar-refractivity contribution in [3.8, 4) is 5.75 Å². The minimum absolute atomic E-state index is 0.0711. The van der Waals surface area contributed by atoms with Crippen LogP contribution in [0.15, 0.2) is 23.1 Å². The van der Waals surface area contributed by atoms with Gasteiger partial charge in [0.05, 0.1) is 11.5 Å². The molecule has 0 radical (unpaired) electrons. The molecule has 2 rings (SSSR count). The van der Waals surface area contributed by atoms with Crippen molar-refractivity contribution in [3.63, 3.8) is 0 Å². The van der Waals surface area contributed by atoms with E-state index in [1.807, 2.05) is 6.92 Å². The standard InChI is InChI=1S/C13H17ClO4S/c1-10-2-3-12(19(14,15)16)8-13(10)18-9-11-4-6-17-7-5-11/h2-3,8,11H,4-7,9H2,1H3. The van der Waals surface area contributed by atoms with E-state index in [1.165, 1.54) is 12.1 Å². The Morgan fingerprint density at radius 2 is 2.05 bits per heavy atom. The van der Waals surface area contributed by atoms with E-state index in [-0.39, 0.29) is 4.90 Å². The van der Waals surface area contributed by atoms with Crippen molar-refractivity contribution in [3.05, 3.63) is 23.8 Å². The molecule has 0 aliphatic carbocycles. The topological polar surface area (TPSA) is 52.6 Å². The first-order valence-electron chi connectivity index (χ1n) is 6.22. The molecule has 0 amide bonds. The average molecular weight is 305 g/mol. The largest absolute Gasteiger partial charge is 0.493 e. The van der Waals surface area contributed by atoms with Gasteiger partial charge in [0, 0.05) is 30.0 Å². The van der Waals surface area contributed by atoms with Crippen LogP contribution in [0.3, 0.4) is 0 Å². The highest BCUT2D eigenvalue weighted by Crippen LogP contribution is 2.26. The Kier molecular flexibility index (Phi) is 4.71. The smallest absolute Gasteiger partial charge is 0.261 e. The van der Waals surface area contributed by atoms with Crippen molar-refractivity contribution in [1.82, 2.24) is 0 Å². The molecule has 4 nitrogen and oxygen atoms in total. The maximum Gasteiger partial charge on any atom is 0.261 e. The van der Waals surface area contributed by atoms with Gasteiger partial charge in [0.1, 0.15) is 5.75 Å². The van der Waals surface area contributed by atoms with Gasteiger partial charge in [0.2, 0.25) is 0 Å². The molecular weight excluding hydrogens is 288 g/mol. The summed E-state index contributed by atoms with van der Waals surface area (Å²) in [6.45, 7) is 3.99. The quantitative estimate of drug-likeness (QED) is 0.803. The minimum Gasteiger partial charge on any atom is -0.493 e. The zero-order chi connectivity index (χ0) is 13.9. The predicted octanol–water partition coefficient (Wildman–Crippen LogP) is 2.73. The van der Waals surface area contributed by atoms with Crippen molar-refractivity contribution in [2.75, 3.05) is 19.8 Å². The van der Waals surface area contributed by atoms with Crippen LogP contribution in [0.4, 0.5) is 0 Å². The normalized spacial score (nSPS) is 17.4. The summed E-state index contributed by atoms with van der Waals surface area (Å²) in [6, 6.07) is 4.67. The Morgan fingerprint density at radius 3 is 2.68 bits per heavy atom. The first kappa shape index (κ1) is 14.6. The molecule has 1 heterocycles. The molecule has 0 N–H and O–H groups in total. The summed E-state index contributed by atoms with van der Waals surface area (Å²) in [7, 11) is 1.62. The Bertz CT molecular complexity index is 536. The summed E-state index contributed by atoms with van der Waals surface area (Å²) in [5, 5.41) is 0. The van der Waals surface area contributed by atoms with Gasteiger partial charge < -0.3 is 9.47 Å². The molecule has 1 aliphatic rings. The van der Waals surface area contributed by atoms with E-state index < -0.39 is 9.05 Å². The molecule has 1 saturated heterocycles. The predicted molar refractivity (Wildman–Crippen MR) is 73.3 cm³/mol. The number of hydrogen-bond acceptors (Lipinski definition) is 4. The highest BCUT2D eigenvalue weighted by atomic mass is 35.7. The van der Waals surface area contributed by atoms with Crippen LogP contribution in [-0.4, -0.2) is 28.2 Å². The highest BCUT2D eigenvalue weighted by molar-refractivity contribution is 8.13. The van der Waals surface area contributed by atoms with E-state index in [1.54, 1.807) is 6.07 Å². The summed E-state index contributed by atoms with van der Waals surface area (Å²) in [4.78, 5) is 0.0711. The SMILES string of the molecule is Cc1ccc(S(=O)(=O)Cl)cc1OCC1CCOCC1. The first-order chi connectivity index (χ1) is 8.97. The fourth-order valence-corrected chi connectivity index (χ4v) is 2.77. The molecule has 1 fully saturated rings. The van der Waals surface area contributed by atoms with E-state index in [0.29, 0.717) is 18.3 Å². The lowest BCUT2D eigenvalue weighted by Crippen LogP contribution is -2.21. The summed E-state index contributed by atoms with van der Waals surface area (Å²) < 4.78 is 33.6. The lowest BCUT2D eigenvalue weighted by atomic mass is 10.0. The van der Waals surface area contributed by atoms with Crippen LogP contribution in [0, 0.1) is 12.8 Å². The molecule has 6 heteroatoms. The molecule has 1 aliphatic heterocycles. The molecule has 0 spiro atoms. The number of rotatable bonds is 4. The van der Waals surface area contributed by atoms with Gasteiger partial charge in [0.25, 0.3) is 9.05 Å². The van der Waals surface area contributed by atoms with Crippen molar-refractivity contribution in [2.24, 2.45) is 5.92 Å². The number of hydrogen-bond donors (Lipinski definition) is 0. The zero-order valence-corrected chi connectivity index (χ0v) is 12.3. The van der Waals surface area contributed by atoms with Crippen LogP contribution >= 0.6 is 10.7 Å². The van der Waals surface area contributed by atoms with Gasteiger partial charge in [-0.05, 0) is 37.3 Å². The third-order valence-electron chi connectivity index (χ3n) is 3.26. The minimum atomic E-state index is -3.71. The van der Waals surface area contributed by atoms with Crippen molar-refractivity contribution < 1.29 is 17.9 Å². The molecule has 0 bridgehead atoms. The van der Waals surface area contributed by atoms with Crippen molar-refractivity contribution >= 4 is 19.7 Å². The molecule has 19 heavy (non-hydrogen) atoms. The number of aryl methyl sites for hydroxylation is 1. The summed E-state index contributed by atoms with van der Waals surface area (Å²) >= 11 is 0.